The number of aromatic carboxylic acids is 1. The average Bonchev–Trinajstić information content (AvgIpc) is 2.91. The summed E-state index contributed by atoms with van der Waals surface area (Å²) in [6.45, 7) is 1.87. The highest BCUT2D eigenvalue weighted by molar-refractivity contribution is 7.16. The summed E-state index contributed by atoms with van der Waals surface area (Å²) in [7, 11) is 0. The summed E-state index contributed by atoms with van der Waals surface area (Å²) >= 11 is 1.36. The van der Waals surface area contributed by atoms with E-state index >= 15 is 0 Å². The van der Waals surface area contributed by atoms with E-state index in [2.05, 4.69) is 4.98 Å². The van der Waals surface area contributed by atoms with Gasteiger partial charge in [0.15, 0.2) is 5.69 Å². The predicted molar refractivity (Wildman–Crippen MR) is 81.5 cm³/mol. The first-order chi connectivity index (χ1) is 9.63. The van der Waals surface area contributed by atoms with E-state index in [1.165, 1.54) is 17.5 Å². The largest absolute Gasteiger partial charge is 0.476 e. The number of allylic oxidation sites excluding steroid dienone is 3. The van der Waals surface area contributed by atoms with Crippen LogP contribution in [0.15, 0.2) is 48.7 Å². The molecule has 2 rings (SSSR count). The number of aromatic nitrogens is 1. The van der Waals surface area contributed by atoms with Crippen LogP contribution in [-0.2, 0) is 0 Å². The number of carboxylic acid groups (broad SMARTS) is 1. The molecule has 1 aromatic heterocycles. The molecule has 0 aliphatic rings. The number of hydrogen-bond acceptors (Lipinski definition) is 4. The van der Waals surface area contributed by atoms with Crippen LogP contribution < -0.4 is 5.73 Å². The van der Waals surface area contributed by atoms with Crippen LogP contribution in [0.3, 0.4) is 0 Å². The second kappa shape index (κ2) is 6.16. The number of benzene rings is 1. The van der Waals surface area contributed by atoms with Crippen molar-refractivity contribution >= 4 is 22.9 Å². The summed E-state index contributed by atoms with van der Waals surface area (Å²) in [5.41, 5.74) is 7.11. The van der Waals surface area contributed by atoms with Crippen molar-refractivity contribution < 1.29 is 9.90 Å². The maximum absolute atomic E-state index is 11.3. The molecule has 102 valence electrons. The van der Waals surface area contributed by atoms with Gasteiger partial charge in [-0.1, -0.05) is 36.4 Å². The minimum atomic E-state index is -1.02. The predicted octanol–water partition coefficient (Wildman–Crippen LogP) is 3.38. The van der Waals surface area contributed by atoms with Crippen molar-refractivity contribution in [2.24, 2.45) is 5.73 Å². The van der Waals surface area contributed by atoms with Gasteiger partial charge in [-0.3, -0.25) is 0 Å². The molecule has 0 unspecified atom stereocenters. The van der Waals surface area contributed by atoms with Crippen LogP contribution in [0.5, 0.6) is 0 Å². The van der Waals surface area contributed by atoms with Gasteiger partial charge in [0.05, 0.1) is 4.88 Å². The highest BCUT2D eigenvalue weighted by atomic mass is 32.1. The molecular weight excluding hydrogens is 272 g/mol. The molecule has 2 aromatic rings. The monoisotopic (exact) mass is 286 g/mol. The lowest BCUT2D eigenvalue weighted by Crippen LogP contribution is -1.98. The van der Waals surface area contributed by atoms with Gasteiger partial charge in [-0.05, 0) is 30.3 Å². The van der Waals surface area contributed by atoms with Crippen LogP contribution in [0.4, 0.5) is 0 Å². The topological polar surface area (TPSA) is 76.2 Å². The lowest BCUT2D eigenvalue weighted by Gasteiger charge is -1.97. The van der Waals surface area contributed by atoms with E-state index < -0.39 is 5.97 Å². The number of hydrogen-bond donors (Lipinski definition) is 2. The van der Waals surface area contributed by atoms with E-state index in [-0.39, 0.29) is 5.69 Å². The van der Waals surface area contributed by atoms with Crippen LogP contribution in [0.25, 0.3) is 16.0 Å². The van der Waals surface area contributed by atoms with E-state index in [0.717, 1.165) is 11.1 Å². The van der Waals surface area contributed by atoms with Gasteiger partial charge in [-0.25, -0.2) is 9.78 Å². The molecule has 0 atom stereocenters. The van der Waals surface area contributed by atoms with Gasteiger partial charge in [0.2, 0.25) is 0 Å². The van der Waals surface area contributed by atoms with E-state index in [9.17, 15) is 9.90 Å². The SMILES string of the molecule is C/C(=C\C=C/N)c1nc(C(=O)O)c(-c2ccccc2)s1. The first-order valence-electron chi connectivity index (χ1n) is 5.98. The standard InChI is InChI=1S/C15H14N2O2S/c1-10(6-5-9-16)14-17-12(15(18)19)13(20-14)11-7-3-2-4-8-11/h2-9H,16H2,1H3,(H,18,19)/b9-5-,10-6+. The Morgan fingerprint density at radius 1 is 1.35 bits per heavy atom. The van der Waals surface area contributed by atoms with Gasteiger partial charge >= 0.3 is 5.97 Å². The third-order valence-corrected chi connectivity index (χ3v) is 3.90. The number of rotatable bonds is 4. The Morgan fingerprint density at radius 3 is 2.65 bits per heavy atom. The van der Waals surface area contributed by atoms with Crippen molar-refractivity contribution in [3.05, 3.63) is 59.4 Å². The van der Waals surface area contributed by atoms with Crippen molar-refractivity contribution in [2.45, 2.75) is 6.92 Å². The fraction of sp³-hybridized carbons (Fsp3) is 0.0667. The molecule has 20 heavy (non-hydrogen) atoms. The normalized spacial score (nSPS) is 11.9. The number of carbonyl (C=O) groups is 1. The first-order valence-corrected chi connectivity index (χ1v) is 6.80. The summed E-state index contributed by atoms with van der Waals surface area (Å²) in [6.07, 6.45) is 4.92. The molecule has 0 aliphatic heterocycles. The van der Waals surface area contributed by atoms with Crippen LogP contribution in [0.2, 0.25) is 0 Å². The third kappa shape index (κ3) is 2.95. The van der Waals surface area contributed by atoms with Crippen molar-refractivity contribution in [1.82, 2.24) is 4.98 Å². The smallest absolute Gasteiger partial charge is 0.356 e. The molecule has 4 nitrogen and oxygen atoms in total. The zero-order valence-corrected chi connectivity index (χ0v) is 11.7. The molecule has 5 heteroatoms. The van der Waals surface area contributed by atoms with E-state index in [1.807, 2.05) is 37.3 Å². The van der Waals surface area contributed by atoms with Crippen molar-refractivity contribution in [3.8, 4) is 10.4 Å². The average molecular weight is 286 g/mol. The second-order valence-electron chi connectivity index (χ2n) is 4.10. The Hall–Kier alpha value is -2.40. The highest BCUT2D eigenvalue weighted by Crippen LogP contribution is 2.33. The molecule has 0 aliphatic carbocycles. The zero-order valence-electron chi connectivity index (χ0n) is 10.9. The van der Waals surface area contributed by atoms with E-state index in [4.69, 9.17) is 5.73 Å². The molecule has 0 bridgehead atoms. The molecule has 0 spiro atoms. The van der Waals surface area contributed by atoms with Crippen LogP contribution in [0, 0.1) is 0 Å². The van der Waals surface area contributed by atoms with Crippen LogP contribution >= 0.6 is 11.3 Å². The zero-order chi connectivity index (χ0) is 14.5. The second-order valence-corrected chi connectivity index (χ2v) is 5.10. The Kier molecular flexibility index (Phi) is 4.32. The molecule has 0 saturated heterocycles. The maximum Gasteiger partial charge on any atom is 0.356 e. The summed E-state index contributed by atoms with van der Waals surface area (Å²) in [5.74, 6) is -1.02. The Bertz CT molecular complexity index is 672. The first kappa shape index (κ1) is 14.0. The van der Waals surface area contributed by atoms with E-state index in [0.29, 0.717) is 9.88 Å². The van der Waals surface area contributed by atoms with Gasteiger partial charge in [0.25, 0.3) is 0 Å². The number of nitrogens with zero attached hydrogens (tertiary/aromatic N) is 1. The van der Waals surface area contributed by atoms with Gasteiger partial charge < -0.3 is 10.8 Å². The molecule has 1 aromatic carbocycles. The van der Waals surface area contributed by atoms with Gasteiger partial charge in [0.1, 0.15) is 5.01 Å². The molecule has 0 amide bonds. The van der Waals surface area contributed by atoms with Crippen LogP contribution in [0.1, 0.15) is 22.4 Å². The van der Waals surface area contributed by atoms with Crippen molar-refractivity contribution in [3.63, 3.8) is 0 Å². The fourth-order valence-electron chi connectivity index (χ4n) is 1.69. The summed E-state index contributed by atoms with van der Waals surface area (Å²) in [4.78, 5) is 16.2. The van der Waals surface area contributed by atoms with Crippen molar-refractivity contribution in [1.29, 1.82) is 0 Å². The quantitative estimate of drug-likeness (QED) is 0.845. The lowest BCUT2D eigenvalue weighted by atomic mass is 10.1. The Labute approximate surface area is 120 Å². The molecule has 1 heterocycles. The molecule has 0 fully saturated rings. The number of carboxylic acids is 1. The van der Waals surface area contributed by atoms with Gasteiger partial charge in [0, 0.05) is 0 Å². The Balaban J connectivity index is 2.52. The highest BCUT2D eigenvalue weighted by Gasteiger charge is 2.19. The van der Waals surface area contributed by atoms with Gasteiger partial charge in [-0.2, -0.15) is 0 Å². The number of thiazole rings is 1. The lowest BCUT2D eigenvalue weighted by molar-refractivity contribution is 0.0692. The van der Waals surface area contributed by atoms with Gasteiger partial charge in [-0.15, -0.1) is 11.3 Å². The third-order valence-electron chi connectivity index (χ3n) is 2.66. The minimum absolute atomic E-state index is 0.0840. The van der Waals surface area contributed by atoms with Crippen LogP contribution in [-0.4, -0.2) is 16.1 Å². The molecular formula is C15H14N2O2S. The Morgan fingerprint density at radius 2 is 2.05 bits per heavy atom. The summed E-state index contributed by atoms with van der Waals surface area (Å²) < 4.78 is 0. The molecule has 0 radical (unpaired) electrons. The molecule has 0 saturated carbocycles. The number of nitrogens with two attached hydrogens (primary N) is 1. The fourth-order valence-corrected chi connectivity index (χ4v) is 2.73. The van der Waals surface area contributed by atoms with Crippen molar-refractivity contribution in [2.75, 3.05) is 0 Å². The van der Waals surface area contributed by atoms with E-state index in [1.54, 1.807) is 12.2 Å². The molecule has 3 N–H and O–H groups in total. The summed E-state index contributed by atoms with van der Waals surface area (Å²) in [5, 5.41) is 9.97. The maximum atomic E-state index is 11.3. The minimum Gasteiger partial charge on any atom is -0.476 e. The summed E-state index contributed by atoms with van der Waals surface area (Å²) in [6, 6.07) is 9.40.